The Labute approximate surface area is 163 Å². The van der Waals surface area contributed by atoms with E-state index < -0.39 is 0 Å². The van der Waals surface area contributed by atoms with Gasteiger partial charge in [-0.25, -0.2) is 0 Å². The van der Waals surface area contributed by atoms with Gasteiger partial charge >= 0.3 is 0 Å². The molecule has 0 amide bonds. The molecule has 0 radical (unpaired) electrons. The Balaban J connectivity index is 1.40. The van der Waals surface area contributed by atoms with Crippen LogP contribution in [0.2, 0.25) is 0 Å². The van der Waals surface area contributed by atoms with Crippen molar-refractivity contribution in [1.82, 2.24) is 0 Å². The Kier molecular flexibility index (Phi) is 8.08. The summed E-state index contributed by atoms with van der Waals surface area (Å²) >= 11 is 0. The molecule has 0 nitrogen and oxygen atoms in total. The summed E-state index contributed by atoms with van der Waals surface area (Å²) in [6.07, 6.45) is 20.2. The lowest BCUT2D eigenvalue weighted by molar-refractivity contribution is 0.302. The highest BCUT2D eigenvalue weighted by Crippen LogP contribution is 2.39. The molecule has 3 rings (SSSR count). The van der Waals surface area contributed by atoms with Crippen molar-refractivity contribution < 1.29 is 0 Å². The Morgan fingerprint density at radius 3 is 1.69 bits per heavy atom. The van der Waals surface area contributed by atoms with E-state index >= 15 is 0 Å². The SMILES string of the molecule is CCCCCCCC1CCC(c2ccc(C3CCC(C)CC3)cc2)CC1. The molecule has 0 aromatic heterocycles. The van der Waals surface area contributed by atoms with Crippen molar-refractivity contribution in [2.75, 3.05) is 0 Å². The van der Waals surface area contributed by atoms with Crippen molar-refractivity contribution >= 4 is 0 Å². The van der Waals surface area contributed by atoms with Gasteiger partial charge in [0.2, 0.25) is 0 Å². The molecule has 2 aliphatic rings. The van der Waals surface area contributed by atoms with E-state index in [1.165, 1.54) is 89.9 Å². The summed E-state index contributed by atoms with van der Waals surface area (Å²) in [7, 11) is 0. The Morgan fingerprint density at radius 1 is 0.654 bits per heavy atom. The zero-order chi connectivity index (χ0) is 18.2. The molecular weight excluding hydrogens is 312 g/mol. The zero-order valence-electron chi connectivity index (χ0n) is 17.5. The third-order valence-electron chi connectivity index (χ3n) is 7.46. The van der Waals surface area contributed by atoms with E-state index in [4.69, 9.17) is 0 Å². The molecule has 0 saturated heterocycles. The Hall–Kier alpha value is -0.780. The maximum Gasteiger partial charge on any atom is -0.0162 e. The highest BCUT2D eigenvalue weighted by atomic mass is 14.3. The van der Waals surface area contributed by atoms with Gasteiger partial charge in [0.1, 0.15) is 0 Å². The van der Waals surface area contributed by atoms with E-state index in [0.29, 0.717) is 0 Å². The topological polar surface area (TPSA) is 0 Å². The summed E-state index contributed by atoms with van der Waals surface area (Å²) in [6, 6.07) is 9.89. The van der Waals surface area contributed by atoms with Crippen LogP contribution in [0, 0.1) is 11.8 Å². The van der Waals surface area contributed by atoms with Gasteiger partial charge in [0, 0.05) is 0 Å². The molecule has 0 heterocycles. The number of unbranched alkanes of at least 4 members (excludes halogenated alkanes) is 4. The summed E-state index contributed by atoms with van der Waals surface area (Å²) in [6.45, 7) is 4.73. The van der Waals surface area contributed by atoms with Crippen LogP contribution in [0.25, 0.3) is 0 Å². The van der Waals surface area contributed by atoms with Crippen LogP contribution in [0.15, 0.2) is 24.3 Å². The van der Waals surface area contributed by atoms with Gasteiger partial charge in [-0.2, -0.15) is 0 Å². The average molecular weight is 355 g/mol. The molecule has 2 fully saturated rings. The molecule has 0 aliphatic heterocycles. The molecule has 0 atom stereocenters. The van der Waals surface area contributed by atoms with Crippen LogP contribution >= 0.6 is 0 Å². The second-order valence-corrected chi connectivity index (χ2v) is 9.54. The lowest BCUT2D eigenvalue weighted by Gasteiger charge is -2.30. The first-order valence-corrected chi connectivity index (χ1v) is 11.9. The van der Waals surface area contributed by atoms with Crippen LogP contribution in [-0.2, 0) is 0 Å². The molecule has 2 aliphatic carbocycles. The van der Waals surface area contributed by atoms with E-state index in [-0.39, 0.29) is 0 Å². The lowest BCUT2D eigenvalue weighted by atomic mass is 9.76. The zero-order valence-corrected chi connectivity index (χ0v) is 17.5. The molecule has 0 unspecified atom stereocenters. The second kappa shape index (κ2) is 10.5. The summed E-state index contributed by atoms with van der Waals surface area (Å²) in [5.41, 5.74) is 3.24. The number of rotatable bonds is 8. The first-order chi connectivity index (χ1) is 12.8. The third kappa shape index (κ3) is 5.86. The Bertz CT molecular complexity index is 483. The summed E-state index contributed by atoms with van der Waals surface area (Å²) < 4.78 is 0. The molecule has 1 aromatic rings. The molecular formula is C26H42. The van der Waals surface area contributed by atoms with Crippen LogP contribution in [0.1, 0.15) is 127 Å². The minimum absolute atomic E-state index is 0.837. The van der Waals surface area contributed by atoms with Gasteiger partial charge in [0.25, 0.3) is 0 Å². The van der Waals surface area contributed by atoms with E-state index in [9.17, 15) is 0 Å². The summed E-state index contributed by atoms with van der Waals surface area (Å²) in [5, 5.41) is 0. The van der Waals surface area contributed by atoms with Crippen molar-refractivity contribution in [2.45, 2.75) is 116 Å². The molecule has 0 spiro atoms. The largest absolute Gasteiger partial charge is 0.0654 e. The van der Waals surface area contributed by atoms with Gasteiger partial charge in [0.05, 0.1) is 0 Å². The molecule has 26 heavy (non-hydrogen) atoms. The molecule has 2 saturated carbocycles. The van der Waals surface area contributed by atoms with Crippen LogP contribution in [0.4, 0.5) is 0 Å². The molecule has 1 aromatic carbocycles. The third-order valence-corrected chi connectivity index (χ3v) is 7.46. The minimum Gasteiger partial charge on any atom is -0.0654 e. The van der Waals surface area contributed by atoms with Gasteiger partial charge in [-0.1, -0.05) is 89.5 Å². The van der Waals surface area contributed by atoms with E-state index in [1.54, 1.807) is 11.1 Å². The fourth-order valence-corrected chi connectivity index (χ4v) is 5.45. The molecule has 0 heteroatoms. The van der Waals surface area contributed by atoms with E-state index in [2.05, 4.69) is 38.1 Å². The fraction of sp³-hybridized carbons (Fsp3) is 0.769. The van der Waals surface area contributed by atoms with Crippen LogP contribution in [0.3, 0.4) is 0 Å². The average Bonchev–Trinajstić information content (AvgIpc) is 2.69. The van der Waals surface area contributed by atoms with Crippen LogP contribution < -0.4 is 0 Å². The maximum absolute atomic E-state index is 2.48. The summed E-state index contributed by atoms with van der Waals surface area (Å²) in [4.78, 5) is 0. The molecule has 0 N–H and O–H groups in total. The predicted octanol–water partition coefficient (Wildman–Crippen LogP) is 8.61. The predicted molar refractivity (Wildman–Crippen MR) is 115 cm³/mol. The van der Waals surface area contributed by atoms with Gasteiger partial charge in [-0.3, -0.25) is 0 Å². The second-order valence-electron chi connectivity index (χ2n) is 9.54. The van der Waals surface area contributed by atoms with Gasteiger partial charge in [-0.05, 0) is 73.3 Å². The van der Waals surface area contributed by atoms with Crippen LogP contribution in [0.5, 0.6) is 0 Å². The first-order valence-electron chi connectivity index (χ1n) is 11.9. The normalized spacial score (nSPS) is 29.6. The van der Waals surface area contributed by atoms with Crippen LogP contribution in [-0.4, -0.2) is 0 Å². The molecule has 0 bridgehead atoms. The quantitative estimate of drug-likeness (QED) is 0.410. The monoisotopic (exact) mass is 354 g/mol. The minimum atomic E-state index is 0.837. The molecule has 146 valence electrons. The standard InChI is InChI=1S/C26H42/c1-3-4-5-6-7-8-22-11-15-24(16-12-22)26-19-17-25(18-20-26)23-13-9-21(2)10-14-23/h17-24H,3-16H2,1-2H3. The van der Waals surface area contributed by atoms with Crippen molar-refractivity contribution in [3.8, 4) is 0 Å². The maximum atomic E-state index is 2.48. The smallest absolute Gasteiger partial charge is 0.0162 e. The van der Waals surface area contributed by atoms with Gasteiger partial charge < -0.3 is 0 Å². The highest BCUT2D eigenvalue weighted by molar-refractivity contribution is 5.28. The number of hydrogen-bond donors (Lipinski definition) is 0. The van der Waals surface area contributed by atoms with E-state index in [1.807, 2.05) is 0 Å². The number of hydrogen-bond acceptors (Lipinski definition) is 0. The van der Waals surface area contributed by atoms with Crippen molar-refractivity contribution in [2.24, 2.45) is 11.8 Å². The van der Waals surface area contributed by atoms with Crippen molar-refractivity contribution in [1.29, 1.82) is 0 Å². The Morgan fingerprint density at radius 2 is 1.15 bits per heavy atom. The summed E-state index contributed by atoms with van der Waals surface area (Å²) in [5.74, 6) is 3.65. The number of benzene rings is 1. The van der Waals surface area contributed by atoms with Gasteiger partial charge in [-0.15, -0.1) is 0 Å². The van der Waals surface area contributed by atoms with Crippen molar-refractivity contribution in [3.63, 3.8) is 0 Å². The first kappa shape index (κ1) is 20.0. The highest BCUT2D eigenvalue weighted by Gasteiger charge is 2.23. The lowest BCUT2D eigenvalue weighted by Crippen LogP contribution is -2.14. The van der Waals surface area contributed by atoms with Gasteiger partial charge in [0.15, 0.2) is 0 Å². The van der Waals surface area contributed by atoms with Crippen molar-refractivity contribution in [3.05, 3.63) is 35.4 Å². The van der Waals surface area contributed by atoms with E-state index in [0.717, 1.165) is 23.7 Å². The fourth-order valence-electron chi connectivity index (χ4n) is 5.45.